The number of hydrogen-bond acceptors (Lipinski definition) is 3. The molecular formula is C5H13N3. The van der Waals surface area contributed by atoms with Gasteiger partial charge in [-0.25, -0.2) is 0 Å². The van der Waals surface area contributed by atoms with E-state index in [4.69, 9.17) is 5.73 Å². The molecule has 0 aliphatic carbocycles. The van der Waals surface area contributed by atoms with Crippen LogP contribution in [0.2, 0.25) is 0 Å². The zero-order valence-corrected chi connectivity index (χ0v) is 5.20. The van der Waals surface area contributed by atoms with E-state index in [9.17, 15) is 0 Å². The molecule has 1 fully saturated rings. The molecule has 4 N–H and O–H groups in total. The minimum absolute atomic E-state index is 0.0503. The predicted molar refractivity (Wildman–Crippen MR) is 33.7 cm³/mol. The first-order valence-electron chi connectivity index (χ1n) is 2.91. The van der Waals surface area contributed by atoms with Crippen molar-refractivity contribution in [3.05, 3.63) is 0 Å². The van der Waals surface area contributed by atoms with Gasteiger partial charge in [0, 0.05) is 19.6 Å². The third kappa shape index (κ3) is 0.992. The smallest absolute Gasteiger partial charge is 0.0533 e. The highest BCUT2D eigenvalue weighted by Crippen LogP contribution is 2.03. The van der Waals surface area contributed by atoms with E-state index in [1.165, 1.54) is 0 Å². The first-order valence-corrected chi connectivity index (χ1v) is 2.91. The number of rotatable bonds is 2. The molecule has 1 saturated heterocycles. The van der Waals surface area contributed by atoms with Crippen molar-refractivity contribution >= 4 is 0 Å². The van der Waals surface area contributed by atoms with Crippen LogP contribution in [0.25, 0.3) is 0 Å². The summed E-state index contributed by atoms with van der Waals surface area (Å²) in [6.45, 7) is 2.82. The molecule has 0 spiro atoms. The molecule has 0 aromatic carbocycles. The highest BCUT2D eigenvalue weighted by molar-refractivity contribution is 4.98. The van der Waals surface area contributed by atoms with Gasteiger partial charge in [-0.1, -0.05) is 0 Å². The van der Waals surface area contributed by atoms with Crippen LogP contribution in [0.15, 0.2) is 0 Å². The summed E-state index contributed by atoms with van der Waals surface area (Å²) in [5, 5.41) is 6.17. The van der Waals surface area contributed by atoms with E-state index in [1.807, 2.05) is 7.05 Å². The molecule has 1 aliphatic heterocycles. The van der Waals surface area contributed by atoms with Crippen LogP contribution < -0.4 is 16.4 Å². The molecule has 1 aliphatic rings. The molecule has 0 aromatic heterocycles. The largest absolute Gasteiger partial charge is 0.322 e. The van der Waals surface area contributed by atoms with Gasteiger partial charge in [-0.3, -0.25) is 0 Å². The Morgan fingerprint density at radius 2 is 2.38 bits per heavy atom. The summed E-state index contributed by atoms with van der Waals surface area (Å²) >= 11 is 0. The quantitative estimate of drug-likeness (QED) is 0.411. The van der Waals surface area contributed by atoms with Crippen LogP contribution in [0, 0.1) is 0 Å². The maximum absolute atomic E-state index is 5.79. The Morgan fingerprint density at radius 3 is 2.50 bits per heavy atom. The summed E-state index contributed by atoms with van der Waals surface area (Å²) < 4.78 is 0. The van der Waals surface area contributed by atoms with Crippen molar-refractivity contribution in [2.75, 3.05) is 26.7 Å². The Hall–Kier alpha value is -0.120. The number of nitrogens with two attached hydrogens (primary N) is 1. The van der Waals surface area contributed by atoms with Crippen molar-refractivity contribution in [2.45, 2.75) is 5.54 Å². The SMILES string of the molecule is CNCC1(N)CNC1. The van der Waals surface area contributed by atoms with E-state index in [1.54, 1.807) is 0 Å². The Kier molecular flexibility index (Phi) is 1.51. The summed E-state index contributed by atoms with van der Waals surface area (Å²) in [6, 6.07) is 0. The van der Waals surface area contributed by atoms with Crippen molar-refractivity contribution in [2.24, 2.45) is 5.73 Å². The molecule has 8 heavy (non-hydrogen) atoms. The van der Waals surface area contributed by atoms with Crippen molar-refractivity contribution < 1.29 is 0 Å². The lowest BCUT2D eigenvalue weighted by atomic mass is 9.94. The summed E-state index contributed by atoms with van der Waals surface area (Å²) in [7, 11) is 1.92. The van der Waals surface area contributed by atoms with Crippen molar-refractivity contribution in [1.29, 1.82) is 0 Å². The molecule has 48 valence electrons. The zero-order valence-electron chi connectivity index (χ0n) is 5.20. The average molecular weight is 115 g/mol. The fourth-order valence-electron chi connectivity index (χ4n) is 0.923. The van der Waals surface area contributed by atoms with Crippen LogP contribution in [0.1, 0.15) is 0 Å². The first kappa shape index (κ1) is 6.01. The van der Waals surface area contributed by atoms with Crippen LogP contribution >= 0.6 is 0 Å². The Labute approximate surface area is 49.6 Å². The van der Waals surface area contributed by atoms with Gasteiger partial charge in [0.1, 0.15) is 0 Å². The molecule has 3 heteroatoms. The second-order valence-electron chi connectivity index (χ2n) is 2.50. The first-order chi connectivity index (χ1) is 3.77. The van der Waals surface area contributed by atoms with E-state index in [-0.39, 0.29) is 5.54 Å². The lowest BCUT2D eigenvalue weighted by Crippen LogP contribution is -2.69. The second-order valence-corrected chi connectivity index (χ2v) is 2.50. The van der Waals surface area contributed by atoms with Crippen LogP contribution in [0.5, 0.6) is 0 Å². The standard InChI is InChI=1S/C5H13N3/c1-7-2-5(6)3-8-4-5/h7-8H,2-4,6H2,1H3. The van der Waals surface area contributed by atoms with E-state index >= 15 is 0 Å². The maximum Gasteiger partial charge on any atom is 0.0533 e. The van der Waals surface area contributed by atoms with Crippen LogP contribution in [-0.2, 0) is 0 Å². The van der Waals surface area contributed by atoms with Crippen molar-refractivity contribution in [3.63, 3.8) is 0 Å². The molecule has 0 atom stereocenters. The molecule has 1 rings (SSSR count). The van der Waals surface area contributed by atoms with E-state index in [0.29, 0.717) is 0 Å². The topological polar surface area (TPSA) is 50.1 Å². The number of nitrogens with one attached hydrogen (secondary N) is 2. The van der Waals surface area contributed by atoms with Gasteiger partial charge in [0.25, 0.3) is 0 Å². The van der Waals surface area contributed by atoms with Crippen molar-refractivity contribution in [3.8, 4) is 0 Å². The minimum atomic E-state index is 0.0503. The van der Waals surface area contributed by atoms with Gasteiger partial charge in [0.2, 0.25) is 0 Å². The minimum Gasteiger partial charge on any atom is -0.322 e. The monoisotopic (exact) mass is 115 g/mol. The number of likely N-dealkylation sites (N-methyl/N-ethyl adjacent to an activating group) is 1. The summed E-state index contributed by atoms with van der Waals surface area (Å²) in [5.41, 5.74) is 5.84. The molecule has 0 aromatic rings. The fourth-order valence-corrected chi connectivity index (χ4v) is 0.923. The van der Waals surface area contributed by atoms with Crippen molar-refractivity contribution in [1.82, 2.24) is 10.6 Å². The van der Waals surface area contributed by atoms with Gasteiger partial charge in [-0.2, -0.15) is 0 Å². The van der Waals surface area contributed by atoms with Gasteiger partial charge >= 0.3 is 0 Å². The van der Waals surface area contributed by atoms with Gasteiger partial charge in [0.15, 0.2) is 0 Å². The van der Waals surface area contributed by atoms with Crippen LogP contribution in [0.4, 0.5) is 0 Å². The molecular weight excluding hydrogens is 102 g/mol. The average Bonchev–Trinajstić information content (AvgIpc) is 1.64. The molecule has 3 nitrogen and oxygen atoms in total. The fraction of sp³-hybridized carbons (Fsp3) is 1.00. The Bertz CT molecular complexity index is 77.7. The predicted octanol–water partition coefficient (Wildman–Crippen LogP) is -1.49. The molecule has 0 bridgehead atoms. The van der Waals surface area contributed by atoms with Gasteiger partial charge in [0.05, 0.1) is 5.54 Å². The van der Waals surface area contributed by atoms with Crippen LogP contribution in [0.3, 0.4) is 0 Å². The lowest BCUT2D eigenvalue weighted by molar-refractivity contribution is 0.275. The summed E-state index contributed by atoms with van der Waals surface area (Å²) in [5.74, 6) is 0. The highest BCUT2D eigenvalue weighted by Gasteiger charge is 2.30. The molecule has 1 heterocycles. The zero-order chi connectivity index (χ0) is 6.04. The molecule has 0 amide bonds. The van der Waals surface area contributed by atoms with Crippen LogP contribution in [-0.4, -0.2) is 32.2 Å². The normalized spacial score (nSPS) is 24.8. The third-order valence-electron chi connectivity index (χ3n) is 1.48. The van der Waals surface area contributed by atoms with Gasteiger partial charge in [-0.15, -0.1) is 0 Å². The maximum atomic E-state index is 5.79. The van der Waals surface area contributed by atoms with Gasteiger partial charge in [-0.05, 0) is 7.05 Å². The third-order valence-corrected chi connectivity index (χ3v) is 1.48. The number of hydrogen-bond donors (Lipinski definition) is 3. The van der Waals surface area contributed by atoms with E-state index in [2.05, 4.69) is 10.6 Å². The van der Waals surface area contributed by atoms with Gasteiger partial charge < -0.3 is 16.4 Å². The second kappa shape index (κ2) is 2.01. The summed E-state index contributed by atoms with van der Waals surface area (Å²) in [6.07, 6.45) is 0. The highest BCUT2D eigenvalue weighted by atomic mass is 15.1. The molecule has 0 saturated carbocycles. The summed E-state index contributed by atoms with van der Waals surface area (Å²) in [4.78, 5) is 0. The molecule has 0 radical (unpaired) electrons. The lowest BCUT2D eigenvalue weighted by Gasteiger charge is -2.38. The molecule has 0 unspecified atom stereocenters. The van der Waals surface area contributed by atoms with E-state index < -0.39 is 0 Å². The Balaban J connectivity index is 2.20. The Morgan fingerprint density at radius 1 is 1.75 bits per heavy atom. The van der Waals surface area contributed by atoms with E-state index in [0.717, 1.165) is 19.6 Å².